The third-order valence-corrected chi connectivity index (χ3v) is 4.37. The second-order valence-electron chi connectivity index (χ2n) is 5.99. The first-order valence-corrected chi connectivity index (χ1v) is 8.19. The fraction of sp³-hybridized carbons (Fsp3) is 0.562. The van der Waals surface area contributed by atoms with Crippen LogP contribution in [0, 0.1) is 0 Å². The number of anilines is 1. The second kappa shape index (κ2) is 6.95. The SMILES string of the molecule is CCC[C@@H]1NC(=O)N(CN2CCN(c3ccccn3)CC2)C1=O. The molecule has 23 heavy (non-hydrogen) atoms. The van der Waals surface area contributed by atoms with Gasteiger partial charge in [0.05, 0.1) is 6.67 Å². The zero-order chi connectivity index (χ0) is 16.2. The smallest absolute Gasteiger partial charge is 0.325 e. The molecule has 0 spiro atoms. The maximum atomic E-state index is 12.3. The molecule has 3 amide bonds. The highest BCUT2D eigenvalue weighted by Crippen LogP contribution is 2.15. The maximum Gasteiger partial charge on any atom is 0.325 e. The summed E-state index contributed by atoms with van der Waals surface area (Å²) < 4.78 is 0. The van der Waals surface area contributed by atoms with Crippen molar-refractivity contribution in [3.8, 4) is 0 Å². The molecule has 3 heterocycles. The molecule has 124 valence electrons. The lowest BCUT2D eigenvalue weighted by Crippen LogP contribution is -2.51. The molecule has 1 atom stereocenters. The van der Waals surface area contributed by atoms with Crippen LogP contribution in [0.15, 0.2) is 24.4 Å². The molecule has 7 nitrogen and oxygen atoms in total. The molecule has 0 aromatic carbocycles. The van der Waals surface area contributed by atoms with Crippen molar-refractivity contribution >= 4 is 17.8 Å². The average molecular weight is 317 g/mol. The Morgan fingerprint density at radius 3 is 2.65 bits per heavy atom. The van der Waals surface area contributed by atoms with Crippen LogP contribution in [0.25, 0.3) is 0 Å². The number of rotatable bonds is 5. The van der Waals surface area contributed by atoms with Gasteiger partial charge in [-0.25, -0.2) is 14.7 Å². The highest BCUT2D eigenvalue weighted by atomic mass is 16.2. The van der Waals surface area contributed by atoms with Gasteiger partial charge in [0.15, 0.2) is 0 Å². The third kappa shape index (κ3) is 3.44. The number of hydrogen-bond acceptors (Lipinski definition) is 5. The van der Waals surface area contributed by atoms with E-state index < -0.39 is 0 Å². The van der Waals surface area contributed by atoms with Crippen molar-refractivity contribution in [3.63, 3.8) is 0 Å². The van der Waals surface area contributed by atoms with Crippen molar-refractivity contribution in [1.82, 2.24) is 20.1 Å². The van der Waals surface area contributed by atoms with E-state index in [4.69, 9.17) is 0 Å². The standard InChI is InChI=1S/C16H23N5O2/c1-2-5-13-15(22)21(16(23)18-13)12-19-8-10-20(11-9-19)14-6-3-4-7-17-14/h3-4,6-7,13H,2,5,8-12H2,1H3,(H,18,23)/t13-/m0/s1. The quantitative estimate of drug-likeness (QED) is 0.817. The highest BCUT2D eigenvalue weighted by Gasteiger charge is 2.38. The second-order valence-corrected chi connectivity index (χ2v) is 5.99. The van der Waals surface area contributed by atoms with E-state index in [-0.39, 0.29) is 18.0 Å². The van der Waals surface area contributed by atoms with Gasteiger partial charge in [-0.1, -0.05) is 19.4 Å². The highest BCUT2D eigenvalue weighted by molar-refractivity contribution is 6.04. The van der Waals surface area contributed by atoms with Crippen molar-refractivity contribution in [2.75, 3.05) is 37.7 Å². The van der Waals surface area contributed by atoms with E-state index in [1.165, 1.54) is 4.90 Å². The van der Waals surface area contributed by atoms with Gasteiger partial charge in [0.2, 0.25) is 0 Å². The predicted octanol–water partition coefficient (Wildman–Crippen LogP) is 0.882. The fourth-order valence-electron chi connectivity index (χ4n) is 3.05. The first-order valence-electron chi connectivity index (χ1n) is 8.19. The lowest BCUT2D eigenvalue weighted by molar-refractivity contribution is -0.129. The van der Waals surface area contributed by atoms with Crippen molar-refractivity contribution < 1.29 is 9.59 Å². The number of amides is 3. The lowest BCUT2D eigenvalue weighted by atomic mass is 10.2. The Kier molecular flexibility index (Phi) is 4.76. The summed E-state index contributed by atoms with van der Waals surface area (Å²) >= 11 is 0. The largest absolute Gasteiger partial charge is 0.354 e. The Balaban J connectivity index is 1.53. The molecule has 1 aromatic heterocycles. The molecule has 0 bridgehead atoms. The fourth-order valence-corrected chi connectivity index (χ4v) is 3.05. The minimum Gasteiger partial charge on any atom is -0.354 e. The number of aromatic nitrogens is 1. The molecule has 2 fully saturated rings. The number of piperazine rings is 1. The third-order valence-electron chi connectivity index (χ3n) is 4.37. The lowest BCUT2D eigenvalue weighted by Gasteiger charge is -2.36. The Labute approximate surface area is 136 Å². The Bertz CT molecular complexity index is 557. The van der Waals surface area contributed by atoms with Crippen LogP contribution < -0.4 is 10.2 Å². The molecule has 0 aliphatic carbocycles. The average Bonchev–Trinajstić information content (AvgIpc) is 2.84. The summed E-state index contributed by atoms with van der Waals surface area (Å²) in [5.41, 5.74) is 0. The molecule has 7 heteroatoms. The van der Waals surface area contributed by atoms with Crippen molar-refractivity contribution in [3.05, 3.63) is 24.4 Å². The van der Waals surface area contributed by atoms with Crippen LogP contribution in [0.3, 0.4) is 0 Å². The maximum absolute atomic E-state index is 12.3. The van der Waals surface area contributed by atoms with E-state index in [2.05, 4.69) is 20.1 Å². The van der Waals surface area contributed by atoms with Crippen molar-refractivity contribution in [1.29, 1.82) is 0 Å². The number of nitrogens with zero attached hydrogens (tertiary/aromatic N) is 4. The Hall–Kier alpha value is -2.15. The normalized spacial score (nSPS) is 22.6. The van der Waals surface area contributed by atoms with Crippen LogP contribution in [-0.4, -0.2) is 65.6 Å². The van der Waals surface area contributed by atoms with Gasteiger partial charge in [-0.15, -0.1) is 0 Å². The summed E-state index contributed by atoms with van der Waals surface area (Å²) in [7, 11) is 0. The van der Waals surface area contributed by atoms with Crippen LogP contribution in [0.2, 0.25) is 0 Å². The summed E-state index contributed by atoms with van der Waals surface area (Å²) in [4.78, 5) is 34.3. The van der Waals surface area contributed by atoms with Gasteiger partial charge < -0.3 is 10.2 Å². The van der Waals surface area contributed by atoms with E-state index in [0.29, 0.717) is 13.1 Å². The van der Waals surface area contributed by atoms with Crippen LogP contribution in [-0.2, 0) is 4.79 Å². The molecule has 0 radical (unpaired) electrons. The van der Waals surface area contributed by atoms with E-state index >= 15 is 0 Å². The molecule has 3 rings (SSSR count). The summed E-state index contributed by atoms with van der Waals surface area (Å²) in [5.74, 6) is 0.883. The van der Waals surface area contributed by atoms with Gasteiger partial charge in [0.1, 0.15) is 11.9 Å². The zero-order valence-corrected chi connectivity index (χ0v) is 13.4. The minimum atomic E-state index is -0.345. The number of urea groups is 1. The molecule has 0 saturated carbocycles. The van der Waals surface area contributed by atoms with Crippen molar-refractivity contribution in [2.45, 2.75) is 25.8 Å². The number of carbonyl (C=O) groups excluding carboxylic acids is 2. The van der Waals surface area contributed by atoms with E-state index in [9.17, 15) is 9.59 Å². The summed E-state index contributed by atoms with van der Waals surface area (Å²) in [6, 6.07) is 5.28. The number of carbonyl (C=O) groups is 2. The monoisotopic (exact) mass is 317 g/mol. The van der Waals surface area contributed by atoms with Gasteiger partial charge in [-0.05, 0) is 18.6 Å². The molecule has 2 aliphatic heterocycles. The van der Waals surface area contributed by atoms with E-state index in [1.54, 1.807) is 6.20 Å². The van der Waals surface area contributed by atoms with Gasteiger partial charge in [-0.3, -0.25) is 9.69 Å². The zero-order valence-electron chi connectivity index (χ0n) is 13.4. The van der Waals surface area contributed by atoms with Crippen LogP contribution >= 0.6 is 0 Å². The summed E-state index contributed by atoms with van der Waals surface area (Å²) in [6.07, 6.45) is 3.38. The summed E-state index contributed by atoms with van der Waals surface area (Å²) in [5, 5.41) is 2.77. The first-order chi connectivity index (χ1) is 11.2. The molecular formula is C16H23N5O2. The Morgan fingerprint density at radius 2 is 2.00 bits per heavy atom. The van der Waals surface area contributed by atoms with Crippen LogP contribution in [0.4, 0.5) is 10.6 Å². The Morgan fingerprint density at radius 1 is 1.22 bits per heavy atom. The molecule has 2 aliphatic rings. The van der Waals surface area contributed by atoms with Gasteiger partial charge in [-0.2, -0.15) is 0 Å². The van der Waals surface area contributed by atoms with E-state index in [1.807, 2.05) is 25.1 Å². The predicted molar refractivity (Wildman–Crippen MR) is 87.0 cm³/mol. The number of hydrogen-bond donors (Lipinski definition) is 1. The van der Waals surface area contributed by atoms with Crippen molar-refractivity contribution in [2.24, 2.45) is 0 Å². The molecular weight excluding hydrogens is 294 g/mol. The number of nitrogens with one attached hydrogen (secondary N) is 1. The van der Waals surface area contributed by atoms with Gasteiger partial charge >= 0.3 is 6.03 Å². The van der Waals surface area contributed by atoms with E-state index in [0.717, 1.165) is 38.4 Å². The van der Waals surface area contributed by atoms with Crippen LogP contribution in [0.1, 0.15) is 19.8 Å². The van der Waals surface area contributed by atoms with Gasteiger partial charge in [0.25, 0.3) is 5.91 Å². The topological polar surface area (TPSA) is 68.8 Å². The summed E-state index contributed by atoms with van der Waals surface area (Å²) in [6.45, 7) is 5.70. The first kappa shape index (κ1) is 15.7. The molecule has 2 saturated heterocycles. The number of pyridine rings is 1. The molecule has 1 N–H and O–H groups in total. The minimum absolute atomic E-state index is 0.0935. The molecule has 1 aromatic rings. The van der Waals surface area contributed by atoms with Gasteiger partial charge in [0, 0.05) is 32.4 Å². The van der Waals surface area contributed by atoms with Crippen LogP contribution in [0.5, 0.6) is 0 Å². The molecule has 0 unspecified atom stereocenters. The number of imide groups is 1.